The molecule has 1 heterocycles. The van der Waals surface area contributed by atoms with Gasteiger partial charge < -0.3 is 10.6 Å². The third-order valence-electron chi connectivity index (χ3n) is 3.75. The molecule has 1 aromatic rings. The number of likely N-dealkylation sites (N-methyl/N-ethyl adjacent to an activating group) is 1. The number of nitrogens with two attached hydrogens (primary N) is 1. The standard InChI is InChI=1S/C15H25N3/c1-12-6-13(2)8-14(7-12)10-18-5-4-17(3)11-15(18)9-16/h6-8,15H,4-5,9-11,16H2,1-3H3. The fraction of sp³-hybridized carbons (Fsp3) is 0.600. The number of nitrogens with zero attached hydrogens (tertiary/aromatic N) is 2. The Balaban J connectivity index is 2.07. The van der Waals surface area contributed by atoms with Crippen LogP contribution in [0.5, 0.6) is 0 Å². The summed E-state index contributed by atoms with van der Waals surface area (Å²) in [7, 11) is 2.18. The van der Waals surface area contributed by atoms with E-state index in [0.29, 0.717) is 6.04 Å². The lowest BCUT2D eigenvalue weighted by molar-refractivity contribution is 0.0881. The van der Waals surface area contributed by atoms with Crippen molar-refractivity contribution in [2.45, 2.75) is 26.4 Å². The van der Waals surface area contributed by atoms with Gasteiger partial charge in [0.15, 0.2) is 0 Å². The van der Waals surface area contributed by atoms with Gasteiger partial charge in [0.1, 0.15) is 0 Å². The summed E-state index contributed by atoms with van der Waals surface area (Å²) < 4.78 is 0. The maximum atomic E-state index is 5.90. The van der Waals surface area contributed by atoms with E-state index in [2.05, 4.69) is 48.9 Å². The summed E-state index contributed by atoms with van der Waals surface area (Å²) in [6.07, 6.45) is 0. The number of hydrogen-bond donors (Lipinski definition) is 1. The van der Waals surface area contributed by atoms with E-state index >= 15 is 0 Å². The predicted octanol–water partition coefficient (Wildman–Crippen LogP) is 1.38. The Morgan fingerprint density at radius 1 is 1.17 bits per heavy atom. The molecule has 1 aliphatic rings. The SMILES string of the molecule is Cc1cc(C)cc(CN2CCN(C)CC2CN)c1. The monoisotopic (exact) mass is 247 g/mol. The van der Waals surface area contributed by atoms with Crippen LogP contribution in [0.2, 0.25) is 0 Å². The van der Waals surface area contributed by atoms with Crippen LogP contribution in [0.3, 0.4) is 0 Å². The van der Waals surface area contributed by atoms with E-state index in [-0.39, 0.29) is 0 Å². The van der Waals surface area contributed by atoms with E-state index < -0.39 is 0 Å². The van der Waals surface area contributed by atoms with Gasteiger partial charge in [0.05, 0.1) is 0 Å². The molecule has 0 radical (unpaired) electrons. The van der Waals surface area contributed by atoms with Crippen molar-refractivity contribution in [3.05, 3.63) is 34.9 Å². The zero-order chi connectivity index (χ0) is 13.1. The topological polar surface area (TPSA) is 32.5 Å². The van der Waals surface area contributed by atoms with Crippen LogP contribution < -0.4 is 5.73 Å². The second kappa shape index (κ2) is 5.83. The Labute approximate surface area is 111 Å². The van der Waals surface area contributed by atoms with Crippen molar-refractivity contribution in [3.8, 4) is 0 Å². The lowest BCUT2D eigenvalue weighted by atomic mass is 10.1. The number of rotatable bonds is 3. The van der Waals surface area contributed by atoms with Gasteiger partial charge >= 0.3 is 0 Å². The molecule has 0 aliphatic carbocycles. The summed E-state index contributed by atoms with van der Waals surface area (Å²) in [5.74, 6) is 0. The lowest BCUT2D eigenvalue weighted by Gasteiger charge is -2.39. The molecule has 18 heavy (non-hydrogen) atoms. The summed E-state index contributed by atoms with van der Waals surface area (Å²) >= 11 is 0. The Hall–Kier alpha value is -0.900. The lowest BCUT2D eigenvalue weighted by Crippen LogP contribution is -2.54. The summed E-state index contributed by atoms with van der Waals surface area (Å²) in [5.41, 5.74) is 10.0. The summed E-state index contributed by atoms with van der Waals surface area (Å²) in [6, 6.07) is 7.30. The molecule has 1 fully saturated rings. The van der Waals surface area contributed by atoms with Crippen molar-refractivity contribution in [1.29, 1.82) is 0 Å². The maximum Gasteiger partial charge on any atom is 0.0349 e. The van der Waals surface area contributed by atoms with Crippen LogP contribution in [0.25, 0.3) is 0 Å². The van der Waals surface area contributed by atoms with Gasteiger partial charge in [-0.25, -0.2) is 0 Å². The highest BCUT2D eigenvalue weighted by Gasteiger charge is 2.23. The molecule has 0 amide bonds. The van der Waals surface area contributed by atoms with Crippen LogP contribution in [0.1, 0.15) is 16.7 Å². The molecule has 3 heteroatoms. The van der Waals surface area contributed by atoms with E-state index in [0.717, 1.165) is 32.7 Å². The first-order chi connectivity index (χ1) is 8.58. The fourth-order valence-corrected chi connectivity index (χ4v) is 2.87. The highest BCUT2D eigenvalue weighted by atomic mass is 15.3. The van der Waals surface area contributed by atoms with Gasteiger partial charge in [-0.1, -0.05) is 29.3 Å². The van der Waals surface area contributed by atoms with Crippen molar-refractivity contribution in [2.24, 2.45) is 5.73 Å². The van der Waals surface area contributed by atoms with Gasteiger partial charge in [-0.15, -0.1) is 0 Å². The Bertz CT molecular complexity index is 382. The molecular formula is C15H25N3. The van der Waals surface area contributed by atoms with Crippen molar-refractivity contribution >= 4 is 0 Å². The molecule has 1 saturated heterocycles. The highest BCUT2D eigenvalue weighted by Crippen LogP contribution is 2.15. The maximum absolute atomic E-state index is 5.90. The number of aryl methyl sites for hydroxylation is 2. The minimum absolute atomic E-state index is 0.490. The van der Waals surface area contributed by atoms with Crippen LogP contribution in [0.4, 0.5) is 0 Å². The highest BCUT2D eigenvalue weighted by molar-refractivity contribution is 5.28. The van der Waals surface area contributed by atoms with Gasteiger partial charge in [-0.3, -0.25) is 4.90 Å². The number of hydrogen-bond acceptors (Lipinski definition) is 3. The summed E-state index contributed by atoms with van der Waals surface area (Å²) in [5, 5.41) is 0. The summed E-state index contributed by atoms with van der Waals surface area (Å²) in [4.78, 5) is 4.89. The Kier molecular flexibility index (Phi) is 4.38. The molecule has 3 nitrogen and oxygen atoms in total. The van der Waals surface area contributed by atoms with E-state index in [1.54, 1.807) is 0 Å². The fourth-order valence-electron chi connectivity index (χ4n) is 2.87. The van der Waals surface area contributed by atoms with E-state index in [9.17, 15) is 0 Å². The second-order valence-electron chi connectivity index (χ2n) is 5.62. The summed E-state index contributed by atoms with van der Waals surface area (Å²) in [6.45, 7) is 9.45. The largest absolute Gasteiger partial charge is 0.329 e. The normalized spacial score (nSPS) is 22.3. The van der Waals surface area contributed by atoms with Gasteiger partial charge in [0.2, 0.25) is 0 Å². The molecular weight excluding hydrogens is 222 g/mol. The zero-order valence-electron chi connectivity index (χ0n) is 11.8. The molecule has 1 aromatic carbocycles. The third kappa shape index (κ3) is 3.31. The minimum atomic E-state index is 0.490. The molecule has 0 bridgehead atoms. The number of piperazine rings is 1. The van der Waals surface area contributed by atoms with Crippen molar-refractivity contribution in [1.82, 2.24) is 9.80 Å². The van der Waals surface area contributed by atoms with Gasteiger partial charge in [-0.2, -0.15) is 0 Å². The van der Waals surface area contributed by atoms with Gasteiger partial charge in [0, 0.05) is 38.8 Å². The van der Waals surface area contributed by atoms with Crippen molar-refractivity contribution < 1.29 is 0 Å². The Morgan fingerprint density at radius 3 is 2.44 bits per heavy atom. The third-order valence-corrected chi connectivity index (χ3v) is 3.75. The molecule has 0 aromatic heterocycles. The zero-order valence-corrected chi connectivity index (χ0v) is 11.8. The van der Waals surface area contributed by atoms with E-state index in [1.807, 2.05) is 0 Å². The molecule has 1 atom stereocenters. The van der Waals surface area contributed by atoms with Crippen LogP contribution in [-0.2, 0) is 6.54 Å². The van der Waals surface area contributed by atoms with E-state index in [4.69, 9.17) is 5.73 Å². The molecule has 1 aliphatic heterocycles. The quantitative estimate of drug-likeness (QED) is 0.876. The van der Waals surface area contributed by atoms with Crippen molar-refractivity contribution in [2.75, 3.05) is 33.2 Å². The van der Waals surface area contributed by atoms with Crippen LogP contribution in [0.15, 0.2) is 18.2 Å². The van der Waals surface area contributed by atoms with Crippen LogP contribution >= 0.6 is 0 Å². The first kappa shape index (κ1) is 13.5. The number of benzene rings is 1. The molecule has 2 N–H and O–H groups in total. The molecule has 0 spiro atoms. The van der Waals surface area contributed by atoms with Crippen LogP contribution in [0, 0.1) is 13.8 Å². The second-order valence-corrected chi connectivity index (χ2v) is 5.62. The Morgan fingerprint density at radius 2 is 1.83 bits per heavy atom. The van der Waals surface area contributed by atoms with E-state index in [1.165, 1.54) is 16.7 Å². The van der Waals surface area contributed by atoms with Crippen LogP contribution in [-0.4, -0.2) is 49.1 Å². The first-order valence-corrected chi connectivity index (χ1v) is 6.78. The van der Waals surface area contributed by atoms with Gasteiger partial charge in [0.25, 0.3) is 0 Å². The van der Waals surface area contributed by atoms with Crippen molar-refractivity contribution in [3.63, 3.8) is 0 Å². The molecule has 0 saturated carbocycles. The smallest absolute Gasteiger partial charge is 0.0349 e. The first-order valence-electron chi connectivity index (χ1n) is 6.78. The molecule has 100 valence electrons. The molecule has 2 rings (SSSR count). The minimum Gasteiger partial charge on any atom is -0.329 e. The predicted molar refractivity (Wildman–Crippen MR) is 76.7 cm³/mol. The van der Waals surface area contributed by atoms with Gasteiger partial charge in [-0.05, 0) is 26.5 Å². The average Bonchev–Trinajstić information content (AvgIpc) is 2.30. The average molecular weight is 247 g/mol. The molecule has 1 unspecified atom stereocenters.